The molecule has 2 aromatic carbocycles. The van der Waals surface area contributed by atoms with Crippen molar-refractivity contribution in [2.45, 2.75) is 25.7 Å². The molecule has 1 aliphatic rings. The highest BCUT2D eigenvalue weighted by atomic mass is 19.2. The van der Waals surface area contributed by atoms with Crippen LogP contribution in [0.2, 0.25) is 0 Å². The molecular weight excluding hydrogens is 272 g/mol. The van der Waals surface area contributed by atoms with Gasteiger partial charge in [0.2, 0.25) is 0 Å². The Kier molecular flexibility index (Phi) is 3.04. The van der Waals surface area contributed by atoms with Gasteiger partial charge < -0.3 is 5.21 Å². The summed E-state index contributed by atoms with van der Waals surface area (Å²) in [6.45, 7) is 4.14. The van der Waals surface area contributed by atoms with E-state index < -0.39 is 11.6 Å². The van der Waals surface area contributed by atoms with Gasteiger partial charge in [-0.15, -0.1) is 0 Å². The predicted octanol–water partition coefficient (Wildman–Crippen LogP) is 4.49. The summed E-state index contributed by atoms with van der Waals surface area (Å²) in [4.78, 5) is 0. The third-order valence-corrected chi connectivity index (χ3v) is 4.04. The Morgan fingerprint density at radius 3 is 2.33 bits per heavy atom. The van der Waals surface area contributed by atoms with Crippen molar-refractivity contribution in [2.75, 3.05) is 0 Å². The third-order valence-electron chi connectivity index (χ3n) is 4.04. The molecule has 0 spiro atoms. The standard InChI is InChI=1S/C17H15F2NO/c1-17(2)9-16(20-21)12-5-3-10(7-13(12)17)11-4-6-14(18)15(19)8-11/h3-8,21H,9H2,1-2H3. The van der Waals surface area contributed by atoms with Crippen LogP contribution in [0.1, 0.15) is 31.4 Å². The quantitative estimate of drug-likeness (QED) is 0.608. The van der Waals surface area contributed by atoms with Gasteiger partial charge in [-0.3, -0.25) is 0 Å². The smallest absolute Gasteiger partial charge is 0.159 e. The van der Waals surface area contributed by atoms with E-state index in [1.807, 2.05) is 18.2 Å². The summed E-state index contributed by atoms with van der Waals surface area (Å²) in [5.74, 6) is -1.71. The summed E-state index contributed by atoms with van der Waals surface area (Å²) >= 11 is 0. The van der Waals surface area contributed by atoms with Crippen molar-refractivity contribution in [1.82, 2.24) is 0 Å². The van der Waals surface area contributed by atoms with Crippen LogP contribution in [0.25, 0.3) is 11.1 Å². The van der Waals surface area contributed by atoms with Gasteiger partial charge in [0.15, 0.2) is 11.6 Å². The average molecular weight is 287 g/mol. The van der Waals surface area contributed by atoms with Crippen molar-refractivity contribution in [3.05, 3.63) is 59.2 Å². The van der Waals surface area contributed by atoms with E-state index in [-0.39, 0.29) is 5.41 Å². The molecule has 108 valence electrons. The van der Waals surface area contributed by atoms with Gasteiger partial charge in [0, 0.05) is 12.0 Å². The molecule has 0 amide bonds. The van der Waals surface area contributed by atoms with Crippen molar-refractivity contribution < 1.29 is 14.0 Å². The van der Waals surface area contributed by atoms with Crippen molar-refractivity contribution in [2.24, 2.45) is 5.16 Å². The first kappa shape index (κ1) is 13.7. The maximum atomic E-state index is 13.4. The van der Waals surface area contributed by atoms with Gasteiger partial charge >= 0.3 is 0 Å². The van der Waals surface area contributed by atoms with Crippen LogP contribution in [0.4, 0.5) is 8.78 Å². The largest absolute Gasteiger partial charge is 0.411 e. The second-order valence-electron chi connectivity index (χ2n) is 6.00. The molecule has 3 rings (SSSR count). The highest BCUT2D eigenvalue weighted by molar-refractivity contribution is 6.06. The molecule has 0 saturated carbocycles. The van der Waals surface area contributed by atoms with Crippen LogP contribution < -0.4 is 0 Å². The summed E-state index contributed by atoms with van der Waals surface area (Å²) in [6, 6.07) is 9.54. The summed E-state index contributed by atoms with van der Waals surface area (Å²) < 4.78 is 26.4. The zero-order chi connectivity index (χ0) is 15.2. The van der Waals surface area contributed by atoms with Crippen LogP contribution in [0.3, 0.4) is 0 Å². The van der Waals surface area contributed by atoms with Gasteiger partial charge in [0.05, 0.1) is 5.71 Å². The molecule has 1 N–H and O–H groups in total. The summed E-state index contributed by atoms with van der Waals surface area (Å²) in [6.07, 6.45) is 0.653. The second kappa shape index (κ2) is 4.65. The lowest BCUT2D eigenvalue weighted by Gasteiger charge is -2.18. The molecule has 0 aliphatic heterocycles. The van der Waals surface area contributed by atoms with Crippen LogP contribution in [0.5, 0.6) is 0 Å². The van der Waals surface area contributed by atoms with E-state index in [0.29, 0.717) is 17.7 Å². The molecule has 4 heteroatoms. The Bertz CT molecular complexity index is 750. The van der Waals surface area contributed by atoms with E-state index in [0.717, 1.165) is 22.8 Å². The van der Waals surface area contributed by atoms with Gasteiger partial charge in [-0.25, -0.2) is 8.78 Å². The van der Waals surface area contributed by atoms with E-state index in [2.05, 4.69) is 19.0 Å². The van der Waals surface area contributed by atoms with Gasteiger partial charge in [-0.1, -0.05) is 37.2 Å². The van der Waals surface area contributed by atoms with Crippen molar-refractivity contribution in [1.29, 1.82) is 0 Å². The molecule has 0 atom stereocenters. The molecule has 0 aromatic heterocycles. The lowest BCUT2D eigenvalue weighted by atomic mass is 9.85. The fourth-order valence-electron chi connectivity index (χ4n) is 2.91. The van der Waals surface area contributed by atoms with Crippen LogP contribution in [0, 0.1) is 11.6 Å². The first-order chi connectivity index (χ1) is 9.92. The van der Waals surface area contributed by atoms with Crippen LogP contribution in [0.15, 0.2) is 41.6 Å². The van der Waals surface area contributed by atoms with Gasteiger partial charge in [0.1, 0.15) is 0 Å². The molecular formula is C17H15F2NO. The number of benzene rings is 2. The maximum Gasteiger partial charge on any atom is 0.159 e. The Balaban J connectivity index is 2.14. The third kappa shape index (κ3) is 2.20. The number of nitrogens with zero attached hydrogens (tertiary/aromatic N) is 1. The van der Waals surface area contributed by atoms with E-state index >= 15 is 0 Å². The van der Waals surface area contributed by atoms with Gasteiger partial charge in [-0.2, -0.15) is 0 Å². The van der Waals surface area contributed by atoms with Crippen molar-refractivity contribution in [3.63, 3.8) is 0 Å². The minimum atomic E-state index is -0.857. The number of hydrogen-bond acceptors (Lipinski definition) is 2. The molecule has 21 heavy (non-hydrogen) atoms. The monoisotopic (exact) mass is 287 g/mol. The molecule has 1 aliphatic carbocycles. The zero-order valence-electron chi connectivity index (χ0n) is 11.8. The maximum absolute atomic E-state index is 13.4. The first-order valence-electron chi connectivity index (χ1n) is 6.73. The average Bonchev–Trinajstić information content (AvgIpc) is 2.73. The Morgan fingerprint density at radius 2 is 1.67 bits per heavy atom. The fraction of sp³-hybridized carbons (Fsp3) is 0.235. The Morgan fingerprint density at radius 1 is 1.00 bits per heavy atom. The Hall–Kier alpha value is -2.23. The molecule has 0 unspecified atom stereocenters. The summed E-state index contributed by atoms with van der Waals surface area (Å²) in [5.41, 5.74) is 3.92. The lowest BCUT2D eigenvalue weighted by Crippen LogP contribution is -2.12. The number of rotatable bonds is 1. The molecule has 0 radical (unpaired) electrons. The number of fused-ring (bicyclic) bond motifs is 1. The molecule has 2 aromatic rings. The molecule has 0 heterocycles. The van der Waals surface area contributed by atoms with Gasteiger partial charge in [-0.05, 0) is 40.3 Å². The van der Waals surface area contributed by atoms with Gasteiger partial charge in [0.25, 0.3) is 0 Å². The fourth-order valence-corrected chi connectivity index (χ4v) is 2.91. The SMILES string of the molecule is CC1(C)CC(=NO)c2ccc(-c3ccc(F)c(F)c3)cc21. The lowest BCUT2D eigenvalue weighted by molar-refractivity contribution is 0.317. The summed E-state index contributed by atoms with van der Waals surface area (Å²) in [7, 11) is 0. The summed E-state index contributed by atoms with van der Waals surface area (Å²) in [5, 5.41) is 12.5. The minimum Gasteiger partial charge on any atom is -0.411 e. The predicted molar refractivity (Wildman–Crippen MR) is 77.8 cm³/mol. The number of hydrogen-bond donors (Lipinski definition) is 1. The molecule has 0 saturated heterocycles. The molecule has 0 fully saturated rings. The van der Waals surface area contributed by atoms with E-state index in [4.69, 9.17) is 5.21 Å². The number of halogens is 2. The van der Waals surface area contributed by atoms with E-state index in [1.54, 1.807) is 6.07 Å². The first-order valence-corrected chi connectivity index (χ1v) is 6.73. The van der Waals surface area contributed by atoms with Crippen molar-refractivity contribution in [3.8, 4) is 11.1 Å². The second-order valence-corrected chi connectivity index (χ2v) is 6.00. The van der Waals surface area contributed by atoms with Crippen molar-refractivity contribution >= 4 is 5.71 Å². The minimum absolute atomic E-state index is 0.147. The van der Waals surface area contributed by atoms with E-state index in [9.17, 15) is 8.78 Å². The zero-order valence-corrected chi connectivity index (χ0v) is 11.8. The topological polar surface area (TPSA) is 32.6 Å². The van der Waals surface area contributed by atoms with Crippen LogP contribution in [-0.4, -0.2) is 10.9 Å². The molecule has 2 nitrogen and oxygen atoms in total. The van der Waals surface area contributed by atoms with Crippen LogP contribution in [-0.2, 0) is 5.41 Å². The highest BCUT2D eigenvalue weighted by Crippen LogP contribution is 2.40. The van der Waals surface area contributed by atoms with Crippen LogP contribution >= 0.6 is 0 Å². The Labute approximate surface area is 121 Å². The van der Waals surface area contributed by atoms with E-state index in [1.165, 1.54) is 6.07 Å². The molecule has 0 bridgehead atoms. The highest BCUT2D eigenvalue weighted by Gasteiger charge is 2.34. The number of oxime groups is 1. The normalized spacial score (nSPS) is 18.0.